The topological polar surface area (TPSA) is 69.7 Å². The van der Waals surface area contributed by atoms with E-state index in [-0.39, 0.29) is 17.1 Å². The number of fused-ring (bicyclic) bond motifs is 1. The van der Waals surface area contributed by atoms with Crippen LogP contribution in [0.25, 0.3) is 16.3 Å². The zero-order valence-electron chi connectivity index (χ0n) is 14.9. The van der Waals surface area contributed by atoms with Crippen LogP contribution in [0.2, 0.25) is 0 Å². The summed E-state index contributed by atoms with van der Waals surface area (Å²) < 4.78 is 41.0. The van der Waals surface area contributed by atoms with Crippen LogP contribution >= 0.6 is 11.3 Å². The van der Waals surface area contributed by atoms with E-state index in [1.54, 1.807) is 19.2 Å². The average molecular weight is 406 g/mol. The first-order valence-corrected chi connectivity index (χ1v) is 8.88. The van der Waals surface area contributed by atoms with Gasteiger partial charge in [-0.2, -0.15) is 8.78 Å². The van der Waals surface area contributed by atoms with E-state index in [0.717, 1.165) is 4.70 Å². The van der Waals surface area contributed by atoms with Crippen molar-refractivity contribution in [2.24, 2.45) is 0 Å². The molecular weight excluding hydrogens is 390 g/mol. The van der Waals surface area contributed by atoms with Gasteiger partial charge < -0.3 is 14.2 Å². The summed E-state index contributed by atoms with van der Waals surface area (Å²) in [6.07, 6.45) is 2.57. The summed E-state index contributed by atoms with van der Waals surface area (Å²) in [5.41, 5.74) is 0.926. The maximum Gasteiger partial charge on any atom is 0.387 e. The quantitative estimate of drug-likeness (QED) is 0.582. The monoisotopic (exact) mass is 406 g/mol. The van der Waals surface area contributed by atoms with Gasteiger partial charge in [-0.15, -0.1) is 0 Å². The number of alkyl halides is 2. The molecule has 9 heteroatoms. The smallest absolute Gasteiger partial charge is 0.387 e. The van der Waals surface area contributed by atoms with Gasteiger partial charge in [0.15, 0.2) is 16.6 Å². The van der Waals surface area contributed by atoms with E-state index in [0.29, 0.717) is 16.4 Å². The molecule has 0 saturated heterocycles. The second-order valence-corrected chi connectivity index (χ2v) is 6.44. The molecule has 0 fully saturated rings. The summed E-state index contributed by atoms with van der Waals surface area (Å²) in [6.45, 7) is -3.02. The van der Waals surface area contributed by atoms with E-state index in [2.05, 4.69) is 15.0 Å². The molecule has 6 nitrogen and oxygen atoms in total. The maximum atomic E-state index is 12.7. The van der Waals surface area contributed by atoms with Gasteiger partial charge in [-0.25, -0.2) is 4.98 Å². The number of carbonyl (C=O) groups excluding carboxylic acids is 1. The highest BCUT2D eigenvalue weighted by Crippen LogP contribution is 2.34. The van der Waals surface area contributed by atoms with Gasteiger partial charge in [-0.1, -0.05) is 29.5 Å². The molecule has 0 spiro atoms. The highest BCUT2D eigenvalue weighted by Gasteiger charge is 2.14. The molecule has 0 saturated carbocycles. The Morgan fingerprint density at radius 2 is 1.86 bits per heavy atom. The molecule has 1 N–H and O–H groups in total. The fraction of sp³-hybridized carbons (Fsp3) is 0.158. The van der Waals surface area contributed by atoms with Crippen molar-refractivity contribution in [1.29, 1.82) is 0 Å². The minimum absolute atomic E-state index is 0.140. The molecule has 1 aromatic heterocycles. The van der Waals surface area contributed by atoms with Gasteiger partial charge in [0, 0.05) is 11.6 Å². The Balaban J connectivity index is 1.79. The molecule has 1 amide bonds. The first-order valence-electron chi connectivity index (χ1n) is 8.06. The van der Waals surface area contributed by atoms with Crippen LogP contribution in [0, 0.1) is 0 Å². The van der Waals surface area contributed by atoms with E-state index < -0.39 is 12.5 Å². The highest BCUT2D eigenvalue weighted by atomic mass is 32.1. The Bertz CT molecular complexity index is 1020. The zero-order valence-corrected chi connectivity index (χ0v) is 15.8. The number of rotatable bonds is 7. The first kappa shape index (κ1) is 19.6. The number of aromatic nitrogens is 1. The van der Waals surface area contributed by atoms with Gasteiger partial charge in [0.2, 0.25) is 5.91 Å². The molecule has 0 aliphatic heterocycles. The Labute approximate surface area is 163 Å². The molecule has 1 heterocycles. The zero-order chi connectivity index (χ0) is 20.1. The number of amides is 1. The normalized spacial score (nSPS) is 11.2. The summed E-state index contributed by atoms with van der Waals surface area (Å²) in [7, 11) is 2.89. The van der Waals surface area contributed by atoms with Gasteiger partial charge in [0.1, 0.15) is 11.3 Å². The number of anilines is 1. The van der Waals surface area contributed by atoms with Crippen molar-refractivity contribution < 1.29 is 27.8 Å². The summed E-state index contributed by atoms with van der Waals surface area (Å²) in [4.78, 5) is 16.6. The molecule has 0 aliphatic rings. The van der Waals surface area contributed by atoms with Crippen LogP contribution in [0.5, 0.6) is 17.2 Å². The molecule has 3 rings (SSSR count). The summed E-state index contributed by atoms with van der Waals surface area (Å²) in [6, 6.07) is 10.1. The number of nitrogens with zero attached hydrogens (tertiary/aromatic N) is 1. The van der Waals surface area contributed by atoms with Gasteiger partial charge in [-0.05, 0) is 24.3 Å². The minimum Gasteiger partial charge on any atom is -0.494 e. The number of ether oxygens (including phenoxy) is 3. The van der Waals surface area contributed by atoms with Crippen LogP contribution in [-0.2, 0) is 4.79 Å². The summed E-state index contributed by atoms with van der Waals surface area (Å²) in [5, 5.41) is 3.04. The molecule has 2 aromatic carbocycles. The molecule has 146 valence electrons. The highest BCUT2D eigenvalue weighted by molar-refractivity contribution is 7.22. The number of para-hydroxylation sites is 2. The Morgan fingerprint density at radius 3 is 2.57 bits per heavy atom. The van der Waals surface area contributed by atoms with Gasteiger partial charge in [0.05, 0.1) is 18.9 Å². The van der Waals surface area contributed by atoms with E-state index in [9.17, 15) is 13.6 Å². The third-order valence-electron chi connectivity index (χ3n) is 3.68. The van der Waals surface area contributed by atoms with Crippen LogP contribution in [-0.4, -0.2) is 31.7 Å². The number of benzene rings is 2. The number of halogens is 2. The van der Waals surface area contributed by atoms with E-state index in [1.165, 1.54) is 42.7 Å². The third kappa shape index (κ3) is 4.37. The lowest BCUT2D eigenvalue weighted by atomic mass is 10.1. The fourth-order valence-electron chi connectivity index (χ4n) is 2.49. The average Bonchev–Trinajstić information content (AvgIpc) is 3.08. The predicted octanol–water partition coefficient (Wildman–Crippen LogP) is 4.57. The first-order chi connectivity index (χ1) is 13.5. The fourth-order valence-corrected chi connectivity index (χ4v) is 3.38. The van der Waals surface area contributed by atoms with Crippen molar-refractivity contribution in [1.82, 2.24) is 4.98 Å². The van der Waals surface area contributed by atoms with Gasteiger partial charge in [0.25, 0.3) is 0 Å². The van der Waals surface area contributed by atoms with Crippen LogP contribution in [0.4, 0.5) is 13.9 Å². The third-order valence-corrected chi connectivity index (χ3v) is 4.62. The molecule has 0 radical (unpaired) electrons. The predicted molar refractivity (Wildman–Crippen MR) is 103 cm³/mol. The number of thiazole rings is 1. The molecule has 28 heavy (non-hydrogen) atoms. The van der Waals surface area contributed by atoms with Crippen molar-refractivity contribution in [3.63, 3.8) is 0 Å². The molecule has 0 unspecified atom stereocenters. The number of hydrogen-bond acceptors (Lipinski definition) is 6. The van der Waals surface area contributed by atoms with Crippen molar-refractivity contribution in [3.05, 3.63) is 48.0 Å². The molecule has 0 atom stereocenters. The lowest BCUT2D eigenvalue weighted by Gasteiger charge is -2.12. The van der Waals surface area contributed by atoms with Crippen molar-refractivity contribution in [2.45, 2.75) is 6.61 Å². The molecular formula is C19H16F2N2O4S. The van der Waals surface area contributed by atoms with Crippen LogP contribution in [0.15, 0.2) is 42.5 Å². The largest absolute Gasteiger partial charge is 0.494 e. The van der Waals surface area contributed by atoms with Gasteiger partial charge >= 0.3 is 6.61 Å². The van der Waals surface area contributed by atoms with Gasteiger partial charge in [-0.3, -0.25) is 10.1 Å². The second kappa shape index (κ2) is 8.66. The van der Waals surface area contributed by atoms with Crippen LogP contribution in [0.1, 0.15) is 5.56 Å². The van der Waals surface area contributed by atoms with Crippen molar-refractivity contribution in [2.75, 3.05) is 19.5 Å². The molecule has 0 bridgehead atoms. The summed E-state index contributed by atoms with van der Waals surface area (Å²) in [5.74, 6) is 0.133. The maximum absolute atomic E-state index is 12.7. The van der Waals surface area contributed by atoms with Crippen molar-refractivity contribution >= 4 is 38.7 Å². The lowest BCUT2D eigenvalue weighted by molar-refractivity contribution is -0.111. The summed E-state index contributed by atoms with van der Waals surface area (Å²) >= 11 is 1.29. The SMILES string of the molecule is COc1cccc(/C=C/C(=O)Nc2nc3c(OC)cccc3s2)c1OC(F)F. The van der Waals surface area contributed by atoms with E-state index in [1.807, 2.05) is 12.1 Å². The molecule has 0 aliphatic carbocycles. The standard InChI is InChI=1S/C19H16F2N2O4S/c1-25-12-6-4-8-14-16(12)23-19(28-14)22-15(24)10-9-11-5-3-7-13(26-2)17(11)27-18(20)21/h3-10,18H,1-2H3,(H,22,23,24)/b10-9+. The molecule has 3 aromatic rings. The number of methoxy groups -OCH3 is 2. The van der Waals surface area contributed by atoms with Crippen LogP contribution in [0.3, 0.4) is 0 Å². The minimum atomic E-state index is -3.02. The van der Waals surface area contributed by atoms with Crippen molar-refractivity contribution in [3.8, 4) is 17.2 Å². The number of carbonyl (C=O) groups is 1. The van der Waals surface area contributed by atoms with E-state index in [4.69, 9.17) is 9.47 Å². The Kier molecular flexibility index (Phi) is 6.05. The van der Waals surface area contributed by atoms with Crippen LogP contribution < -0.4 is 19.5 Å². The Morgan fingerprint density at radius 1 is 1.14 bits per heavy atom. The van der Waals surface area contributed by atoms with E-state index >= 15 is 0 Å². The Hall–Kier alpha value is -3.20. The number of nitrogens with one attached hydrogen (secondary N) is 1. The second-order valence-electron chi connectivity index (χ2n) is 5.41. The lowest BCUT2D eigenvalue weighted by Crippen LogP contribution is -2.08. The number of hydrogen-bond donors (Lipinski definition) is 1.